The molecule has 1 aromatic rings. The van der Waals surface area contributed by atoms with E-state index in [2.05, 4.69) is 10.6 Å². The maximum atomic E-state index is 11.4. The number of hydrogen-bond acceptors (Lipinski definition) is 3. The summed E-state index contributed by atoms with van der Waals surface area (Å²) in [5.74, 6) is 0.00289. The maximum Gasteiger partial charge on any atom is 0.316 e. The lowest BCUT2D eigenvalue weighted by Gasteiger charge is -2.03. The van der Waals surface area contributed by atoms with Crippen molar-refractivity contribution in [1.82, 2.24) is 5.32 Å². The van der Waals surface area contributed by atoms with Crippen molar-refractivity contribution in [3.05, 3.63) is 29.8 Å². The van der Waals surface area contributed by atoms with Crippen LogP contribution in [0.4, 0.5) is 10.5 Å². The Morgan fingerprint density at radius 3 is 2.33 bits per heavy atom. The van der Waals surface area contributed by atoms with Crippen molar-refractivity contribution in [2.75, 3.05) is 18.9 Å². The average molecular weight is 207 g/mol. The third-order valence-corrected chi connectivity index (χ3v) is 1.81. The van der Waals surface area contributed by atoms with Crippen LogP contribution < -0.4 is 16.4 Å². The third kappa shape index (κ3) is 3.40. The number of rotatable bonds is 4. The topological polar surface area (TPSA) is 84.2 Å². The second kappa shape index (κ2) is 5.11. The number of anilines is 1. The zero-order valence-corrected chi connectivity index (χ0v) is 8.41. The predicted octanol–water partition coefficient (Wildman–Crippen LogP) is 0.579. The number of primary amides is 1. The van der Waals surface area contributed by atoms with E-state index in [1.54, 1.807) is 31.3 Å². The van der Waals surface area contributed by atoms with Crippen LogP contribution in [0, 0.1) is 0 Å². The summed E-state index contributed by atoms with van der Waals surface area (Å²) in [5.41, 5.74) is 6.11. The van der Waals surface area contributed by atoms with Crippen LogP contribution in [-0.2, 0) is 0 Å². The number of nitrogens with one attached hydrogen (secondary N) is 2. The number of Topliss-reactive ketones (excluding diaryl/α,β-unsaturated/α-hetero) is 1. The fourth-order valence-electron chi connectivity index (χ4n) is 1.14. The van der Waals surface area contributed by atoms with Crippen LogP contribution in [0.15, 0.2) is 24.3 Å². The summed E-state index contributed by atoms with van der Waals surface area (Å²) in [6.07, 6.45) is 0. The van der Waals surface area contributed by atoms with Gasteiger partial charge in [0.25, 0.3) is 0 Å². The zero-order valence-electron chi connectivity index (χ0n) is 8.41. The highest BCUT2D eigenvalue weighted by Gasteiger charge is 2.04. The molecule has 5 heteroatoms. The molecule has 2 amide bonds. The maximum absolute atomic E-state index is 11.4. The van der Waals surface area contributed by atoms with Crippen molar-refractivity contribution in [1.29, 1.82) is 0 Å². The Morgan fingerprint density at radius 1 is 1.27 bits per heavy atom. The van der Waals surface area contributed by atoms with Crippen LogP contribution in [-0.4, -0.2) is 25.4 Å². The van der Waals surface area contributed by atoms with E-state index >= 15 is 0 Å². The molecule has 0 aromatic heterocycles. The van der Waals surface area contributed by atoms with E-state index in [0.717, 1.165) is 0 Å². The summed E-state index contributed by atoms with van der Waals surface area (Å²) in [4.78, 5) is 21.9. The van der Waals surface area contributed by atoms with Gasteiger partial charge in [-0.2, -0.15) is 0 Å². The standard InChI is InChI=1S/C10H13N3O2/c1-12-6-9(14)7-2-4-8(5-3-7)13-10(11)15/h2-5,12H,6H2,1H3,(H3,11,13,15). The van der Waals surface area contributed by atoms with Crippen molar-refractivity contribution in [3.63, 3.8) is 0 Å². The minimum absolute atomic E-state index is 0.00289. The summed E-state index contributed by atoms with van der Waals surface area (Å²) in [5, 5.41) is 5.19. The molecule has 15 heavy (non-hydrogen) atoms. The number of ketones is 1. The molecule has 0 bridgehead atoms. The number of likely N-dealkylation sites (N-methyl/N-ethyl adjacent to an activating group) is 1. The minimum atomic E-state index is -0.621. The quantitative estimate of drug-likeness (QED) is 0.631. The van der Waals surface area contributed by atoms with Crippen LogP contribution in [0.3, 0.4) is 0 Å². The summed E-state index contributed by atoms with van der Waals surface area (Å²) >= 11 is 0. The Balaban J connectivity index is 2.71. The van der Waals surface area contributed by atoms with Gasteiger partial charge in [0.1, 0.15) is 0 Å². The monoisotopic (exact) mass is 207 g/mol. The Labute approximate surface area is 87.7 Å². The molecular formula is C10H13N3O2. The Morgan fingerprint density at radius 2 is 1.87 bits per heavy atom. The number of carbonyl (C=O) groups is 2. The van der Waals surface area contributed by atoms with Crippen molar-refractivity contribution in [2.45, 2.75) is 0 Å². The highest BCUT2D eigenvalue weighted by molar-refractivity contribution is 5.98. The molecule has 0 spiro atoms. The lowest BCUT2D eigenvalue weighted by molar-refractivity contribution is 0.0993. The van der Waals surface area contributed by atoms with Gasteiger partial charge in [-0.1, -0.05) is 0 Å². The van der Waals surface area contributed by atoms with Gasteiger partial charge in [-0.3, -0.25) is 4.79 Å². The molecule has 0 saturated heterocycles. The summed E-state index contributed by atoms with van der Waals surface area (Å²) in [6.45, 7) is 0.294. The van der Waals surface area contributed by atoms with Gasteiger partial charge in [-0.15, -0.1) is 0 Å². The molecule has 80 valence electrons. The normalized spacial score (nSPS) is 9.67. The first kappa shape index (κ1) is 11.2. The number of amides is 2. The van der Waals surface area contributed by atoms with Gasteiger partial charge < -0.3 is 16.4 Å². The van der Waals surface area contributed by atoms with Gasteiger partial charge in [0, 0.05) is 11.3 Å². The fourth-order valence-corrected chi connectivity index (χ4v) is 1.14. The van der Waals surface area contributed by atoms with Crippen molar-refractivity contribution in [3.8, 4) is 0 Å². The van der Waals surface area contributed by atoms with E-state index in [9.17, 15) is 9.59 Å². The first-order valence-electron chi connectivity index (χ1n) is 4.48. The molecule has 5 nitrogen and oxygen atoms in total. The number of benzene rings is 1. The lowest BCUT2D eigenvalue weighted by atomic mass is 10.1. The molecule has 0 heterocycles. The van der Waals surface area contributed by atoms with Gasteiger partial charge in [0.05, 0.1) is 6.54 Å². The first-order valence-corrected chi connectivity index (χ1v) is 4.48. The second-order valence-electron chi connectivity index (χ2n) is 3.02. The highest BCUT2D eigenvalue weighted by Crippen LogP contribution is 2.09. The van der Waals surface area contributed by atoms with Crippen LogP contribution in [0.25, 0.3) is 0 Å². The molecule has 1 aromatic carbocycles. The first-order chi connectivity index (χ1) is 7.13. The van der Waals surface area contributed by atoms with E-state index in [1.165, 1.54) is 0 Å². The Bertz CT molecular complexity index is 359. The predicted molar refractivity (Wildman–Crippen MR) is 57.9 cm³/mol. The van der Waals surface area contributed by atoms with Crippen LogP contribution in [0.5, 0.6) is 0 Å². The van der Waals surface area contributed by atoms with Crippen LogP contribution in [0.2, 0.25) is 0 Å². The Hall–Kier alpha value is -1.88. The second-order valence-corrected chi connectivity index (χ2v) is 3.02. The SMILES string of the molecule is CNCC(=O)c1ccc(NC(N)=O)cc1. The van der Waals surface area contributed by atoms with Crippen molar-refractivity contribution in [2.24, 2.45) is 5.73 Å². The third-order valence-electron chi connectivity index (χ3n) is 1.81. The van der Waals surface area contributed by atoms with Gasteiger partial charge >= 0.3 is 6.03 Å². The van der Waals surface area contributed by atoms with Gasteiger partial charge in [-0.25, -0.2) is 4.79 Å². The summed E-state index contributed by atoms with van der Waals surface area (Å²) in [6, 6.07) is 5.93. The molecule has 0 unspecified atom stereocenters. The van der Waals surface area contributed by atoms with Gasteiger partial charge in [-0.05, 0) is 31.3 Å². The summed E-state index contributed by atoms with van der Waals surface area (Å²) < 4.78 is 0. The lowest BCUT2D eigenvalue weighted by Crippen LogP contribution is -2.20. The van der Waals surface area contributed by atoms with Crippen molar-refractivity contribution >= 4 is 17.5 Å². The number of nitrogens with two attached hydrogens (primary N) is 1. The molecule has 0 aliphatic rings. The van der Waals surface area contributed by atoms with E-state index < -0.39 is 6.03 Å². The smallest absolute Gasteiger partial charge is 0.316 e. The summed E-state index contributed by atoms with van der Waals surface area (Å²) in [7, 11) is 1.71. The molecule has 0 atom stereocenters. The number of carbonyl (C=O) groups excluding carboxylic acids is 2. The van der Waals surface area contributed by atoms with E-state index in [-0.39, 0.29) is 5.78 Å². The molecule has 0 fully saturated rings. The molecule has 0 aliphatic heterocycles. The molecule has 0 saturated carbocycles. The van der Waals surface area contributed by atoms with Gasteiger partial charge in [0.2, 0.25) is 0 Å². The van der Waals surface area contributed by atoms with Gasteiger partial charge in [0.15, 0.2) is 5.78 Å². The van der Waals surface area contributed by atoms with Crippen LogP contribution >= 0.6 is 0 Å². The molecule has 0 aliphatic carbocycles. The molecular weight excluding hydrogens is 194 g/mol. The average Bonchev–Trinajstić information content (AvgIpc) is 2.18. The van der Waals surface area contributed by atoms with Crippen molar-refractivity contribution < 1.29 is 9.59 Å². The van der Waals surface area contributed by atoms with Crippen LogP contribution in [0.1, 0.15) is 10.4 Å². The fraction of sp³-hybridized carbons (Fsp3) is 0.200. The number of urea groups is 1. The number of hydrogen-bond donors (Lipinski definition) is 3. The molecule has 4 N–H and O–H groups in total. The van der Waals surface area contributed by atoms with E-state index in [4.69, 9.17) is 5.73 Å². The zero-order chi connectivity index (χ0) is 11.3. The minimum Gasteiger partial charge on any atom is -0.351 e. The molecule has 0 radical (unpaired) electrons. The van der Waals surface area contributed by atoms with E-state index in [1.807, 2.05) is 0 Å². The largest absolute Gasteiger partial charge is 0.351 e. The van der Waals surface area contributed by atoms with E-state index in [0.29, 0.717) is 17.8 Å². The highest BCUT2D eigenvalue weighted by atomic mass is 16.2. The Kier molecular flexibility index (Phi) is 3.82. The molecule has 1 rings (SSSR count).